The molecule has 1 amide bonds. The molecule has 156 valence electrons. The Morgan fingerprint density at radius 3 is 2.31 bits per heavy atom. The maximum absolute atomic E-state index is 12.2. The van der Waals surface area contributed by atoms with Crippen molar-refractivity contribution >= 4 is 22.1 Å². The zero-order valence-electron chi connectivity index (χ0n) is 16.0. The predicted octanol–water partition coefficient (Wildman–Crippen LogP) is 2.69. The van der Waals surface area contributed by atoms with Gasteiger partial charge in [-0.05, 0) is 50.5 Å². The van der Waals surface area contributed by atoms with Gasteiger partial charge in [0.05, 0.1) is 4.90 Å². The van der Waals surface area contributed by atoms with E-state index in [4.69, 9.17) is 4.74 Å². The normalized spacial score (nSPS) is 12.2. The van der Waals surface area contributed by atoms with E-state index in [0.717, 1.165) is 5.56 Å². The highest BCUT2D eigenvalue weighted by atomic mass is 32.2. The number of carbonyl (C=O) groups excluding carboxylic acids is 1. The van der Waals surface area contributed by atoms with E-state index in [1.54, 1.807) is 42.5 Å². The lowest BCUT2D eigenvalue weighted by molar-refractivity contribution is -0.139. The van der Waals surface area contributed by atoms with Crippen molar-refractivity contribution in [3.05, 3.63) is 60.2 Å². The number of hydrogen-bond donors (Lipinski definition) is 3. The summed E-state index contributed by atoms with van der Waals surface area (Å²) in [6.07, 6.45) is 0.109. The molecule has 8 nitrogen and oxygen atoms in total. The average Bonchev–Trinajstić information content (AvgIpc) is 2.67. The molecule has 0 heterocycles. The monoisotopic (exact) mass is 420 g/mol. The van der Waals surface area contributed by atoms with Gasteiger partial charge in [0.2, 0.25) is 10.0 Å². The molecule has 1 atom stereocenters. The molecule has 0 spiro atoms. The summed E-state index contributed by atoms with van der Waals surface area (Å²) in [4.78, 5) is 23.4. The first-order chi connectivity index (χ1) is 13.8. The summed E-state index contributed by atoms with van der Waals surface area (Å²) in [5.74, 6) is -0.880. The van der Waals surface area contributed by atoms with Gasteiger partial charge in [-0.15, -0.1) is 0 Å². The maximum Gasteiger partial charge on any atom is 0.413 e. The van der Waals surface area contributed by atoms with Crippen LogP contribution in [0.2, 0.25) is 0 Å². The van der Waals surface area contributed by atoms with Gasteiger partial charge in [-0.2, -0.15) is 0 Å². The summed E-state index contributed by atoms with van der Waals surface area (Å²) in [5.41, 5.74) is 0.960. The minimum atomic E-state index is -3.60. The zero-order valence-corrected chi connectivity index (χ0v) is 16.8. The molecule has 29 heavy (non-hydrogen) atoms. The van der Waals surface area contributed by atoms with Crippen LogP contribution in [-0.2, 0) is 14.8 Å². The standard InChI is InChI=1S/C20H24N2O6S/c1-15-10-12-17(13-11-15)29(26,27)21-14-6-5-9-18(19(23)24)22-20(25)28-16-7-3-2-4-8-16/h2-4,7-8,10-13,18,21H,5-6,9,14H2,1H3,(H,22,25)(H,23,24). The van der Waals surface area contributed by atoms with E-state index in [1.807, 2.05) is 6.92 Å². The fraction of sp³-hybridized carbons (Fsp3) is 0.300. The predicted molar refractivity (Wildman–Crippen MR) is 107 cm³/mol. The van der Waals surface area contributed by atoms with Gasteiger partial charge < -0.3 is 15.2 Å². The van der Waals surface area contributed by atoms with Gasteiger partial charge in [0, 0.05) is 6.54 Å². The lowest BCUT2D eigenvalue weighted by atomic mass is 10.1. The second kappa shape index (κ2) is 10.6. The number of aliphatic carboxylic acids is 1. The van der Waals surface area contributed by atoms with E-state index in [2.05, 4.69) is 10.0 Å². The Balaban J connectivity index is 1.75. The van der Waals surface area contributed by atoms with Crippen molar-refractivity contribution < 1.29 is 27.9 Å². The van der Waals surface area contributed by atoms with Gasteiger partial charge in [-0.25, -0.2) is 22.7 Å². The summed E-state index contributed by atoms with van der Waals surface area (Å²) in [7, 11) is -3.60. The lowest BCUT2D eigenvalue weighted by Gasteiger charge is -2.14. The Bertz CT molecular complexity index is 914. The van der Waals surface area contributed by atoms with Gasteiger partial charge in [0.15, 0.2) is 0 Å². The van der Waals surface area contributed by atoms with Crippen LogP contribution in [0.15, 0.2) is 59.5 Å². The highest BCUT2D eigenvalue weighted by Gasteiger charge is 2.21. The smallest absolute Gasteiger partial charge is 0.413 e. The Hall–Kier alpha value is -2.91. The number of hydrogen-bond acceptors (Lipinski definition) is 5. The summed E-state index contributed by atoms with van der Waals surface area (Å²) >= 11 is 0. The molecule has 0 radical (unpaired) electrons. The third kappa shape index (κ3) is 7.55. The van der Waals surface area contributed by atoms with Crippen LogP contribution in [0, 0.1) is 6.92 Å². The average molecular weight is 420 g/mol. The highest BCUT2D eigenvalue weighted by Crippen LogP contribution is 2.11. The van der Waals surface area contributed by atoms with Crippen molar-refractivity contribution in [3.63, 3.8) is 0 Å². The van der Waals surface area contributed by atoms with Crippen LogP contribution in [-0.4, -0.2) is 38.2 Å². The molecule has 9 heteroatoms. The summed E-state index contributed by atoms with van der Waals surface area (Å²) in [6, 6.07) is 13.7. The number of para-hydroxylation sites is 1. The highest BCUT2D eigenvalue weighted by molar-refractivity contribution is 7.89. The van der Waals surface area contributed by atoms with Crippen LogP contribution in [0.3, 0.4) is 0 Å². The van der Waals surface area contributed by atoms with Crippen LogP contribution >= 0.6 is 0 Å². The van der Waals surface area contributed by atoms with Crippen molar-refractivity contribution in [1.29, 1.82) is 0 Å². The molecule has 0 aliphatic carbocycles. The number of ether oxygens (including phenoxy) is 1. The zero-order chi connectivity index (χ0) is 21.3. The number of aryl methyl sites for hydroxylation is 1. The first kappa shape index (κ1) is 22.4. The van der Waals surface area contributed by atoms with Crippen LogP contribution in [0.1, 0.15) is 24.8 Å². The van der Waals surface area contributed by atoms with Crippen LogP contribution in [0.4, 0.5) is 4.79 Å². The fourth-order valence-corrected chi connectivity index (χ4v) is 3.58. The molecule has 1 unspecified atom stereocenters. The summed E-state index contributed by atoms with van der Waals surface area (Å²) < 4.78 is 31.9. The third-order valence-electron chi connectivity index (χ3n) is 4.09. The van der Waals surface area contributed by atoms with E-state index >= 15 is 0 Å². The van der Waals surface area contributed by atoms with E-state index < -0.39 is 28.1 Å². The van der Waals surface area contributed by atoms with Gasteiger partial charge in [0.1, 0.15) is 11.8 Å². The van der Waals surface area contributed by atoms with Crippen LogP contribution in [0.5, 0.6) is 5.75 Å². The van der Waals surface area contributed by atoms with E-state index in [9.17, 15) is 23.1 Å². The largest absolute Gasteiger partial charge is 0.480 e. The molecule has 0 saturated heterocycles. The van der Waals surface area contributed by atoms with Gasteiger partial charge in [-0.1, -0.05) is 35.9 Å². The van der Waals surface area contributed by atoms with Crippen molar-refractivity contribution in [2.45, 2.75) is 37.1 Å². The van der Waals surface area contributed by atoms with Gasteiger partial charge in [-0.3, -0.25) is 0 Å². The van der Waals surface area contributed by atoms with Gasteiger partial charge >= 0.3 is 12.1 Å². The molecular weight excluding hydrogens is 396 g/mol. The number of nitrogens with one attached hydrogen (secondary N) is 2. The Labute approximate surface area is 169 Å². The number of amides is 1. The number of unbranched alkanes of at least 4 members (excludes halogenated alkanes) is 1. The molecular formula is C20H24N2O6S. The fourth-order valence-electron chi connectivity index (χ4n) is 2.51. The number of carbonyl (C=O) groups is 2. The number of benzene rings is 2. The second-order valence-electron chi connectivity index (χ2n) is 6.44. The quantitative estimate of drug-likeness (QED) is 0.508. The molecule has 2 aromatic carbocycles. The molecule has 0 aliphatic rings. The first-order valence-corrected chi connectivity index (χ1v) is 10.6. The van der Waals surface area contributed by atoms with Crippen molar-refractivity contribution in [2.24, 2.45) is 0 Å². The van der Waals surface area contributed by atoms with Gasteiger partial charge in [0.25, 0.3) is 0 Å². The molecule has 0 saturated carbocycles. The molecule has 0 fully saturated rings. The molecule has 3 N–H and O–H groups in total. The van der Waals surface area contributed by atoms with E-state index in [0.29, 0.717) is 18.6 Å². The van der Waals surface area contributed by atoms with Crippen molar-refractivity contribution in [3.8, 4) is 5.75 Å². The van der Waals surface area contributed by atoms with Crippen molar-refractivity contribution in [1.82, 2.24) is 10.0 Å². The molecule has 2 rings (SSSR count). The molecule has 0 aliphatic heterocycles. The summed E-state index contributed by atoms with van der Waals surface area (Å²) in [6.45, 7) is 2.03. The Morgan fingerprint density at radius 1 is 1.03 bits per heavy atom. The van der Waals surface area contributed by atoms with E-state index in [1.165, 1.54) is 12.1 Å². The number of carboxylic acid groups (broad SMARTS) is 1. The molecule has 0 bridgehead atoms. The molecule has 2 aromatic rings. The second-order valence-corrected chi connectivity index (χ2v) is 8.21. The maximum atomic E-state index is 12.2. The lowest BCUT2D eigenvalue weighted by Crippen LogP contribution is -2.42. The Kier molecular flexibility index (Phi) is 8.17. The third-order valence-corrected chi connectivity index (χ3v) is 5.56. The SMILES string of the molecule is Cc1ccc(S(=O)(=O)NCCCCC(NC(=O)Oc2ccccc2)C(=O)O)cc1. The first-order valence-electron chi connectivity index (χ1n) is 9.10. The number of carboxylic acids is 1. The molecule has 0 aromatic heterocycles. The van der Waals surface area contributed by atoms with Crippen LogP contribution < -0.4 is 14.8 Å². The minimum absolute atomic E-state index is 0.144. The number of sulfonamides is 1. The Morgan fingerprint density at radius 2 is 1.69 bits per heavy atom. The van der Waals surface area contributed by atoms with Crippen molar-refractivity contribution in [2.75, 3.05) is 6.54 Å². The van der Waals surface area contributed by atoms with Crippen LogP contribution in [0.25, 0.3) is 0 Å². The minimum Gasteiger partial charge on any atom is -0.480 e. The van der Waals surface area contributed by atoms with E-state index in [-0.39, 0.29) is 17.9 Å². The topological polar surface area (TPSA) is 122 Å². The number of rotatable bonds is 10. The summed E-state index contributed by atoms with van der Waals surface area (Å²) in [5, 5.41) is 11.6.